The van der Waals surface area contributed by atoms with Gasteiger partial charge in [0.1, 0.15) is 5.82 Å². The fourth-order valence-electron chi connectivity index (χ4n) is 3.76. The van der Waals surface area contributed by atoms with E-state index < -0.39 is 0 Å². The molecule has 2 saturated heterocycles. The molecule has 0 saturated carbocycles. The Morgan fingerprint density at radius 3 is 2.93 bits per heavy atom. The van der Waals surface area contributed by atoms with Crippen molar-refractivity contribution in [1.82, 2.24) is 20.5 Å². The predicted octanol–water partition coefficient (Wildman–Crippen LogP) is 2.97. The average molecular weight is 431 g/mol. The van der Waals surface area contributed by atoms with Gasteiger partial charge < -0.3 is 20.7 Å². The number of anilines is 2. The third-order valence-electron chi connectivity index (χ3n) is 5.89. The van der Waals surface area contributed by atoms with E-state index in [4.69, 9.17) is 16.3 Å². The van der Waals surface area contributed by atoms with Gasteiger partial charge in [-0.1, -0.05) is 18.5 Å². The number of pyridine rings is 1. The largest absolute Gasteiger partial charge is 0.383 e. The van der Waals surface area contributed by atoms with Crippen LogP contribution >= 0.6 is 11.6 Å². The second-order valence-corrected chi connectivity index (χ2v) is 8.74. The number of aromatic nitrogens is 3. The topological polar surface area (TPSA) is 101 Å². The van der Waals surface area contributed by atoms with E-state index in [1.165, 1.54) is 6.20 Å². The lowest BCUT2D eigenvalue weighted by molar-refractivity contribution is -0.119. The van der Waals surface area contributed by atoms with Gasteiger partial charge in [0.2, 0.25) is 5.91 Å². The molecule has 8 nitrogen and oxygen atoms in total. The number of rotatable bonds is 6. The Kier molecular flexibility index (Phi) is 6.46. The van der Waals surface area contributed by atoms with Crippen LogP contribution in [0.1, 0.15) is 26.2 Å². The minimum absolute atomic E-state index is 0.0352. The fourth-order valence-corrected chi connectivity index (χ4v) is 3.96. The first-order valence-corrected chi connectivity index (χ1v) is 10.7. The molecule has 2 fully saturated rings. The highest BCUT2D eigenvalue weighted by Gasteiger charge is 2.27. The zero-order valence-electron chi connectivity index (χ0n) is 17.1. The third kappa shape index (κ3) is 5.06. The molecule has 4 rings (SSSR count). The minimum Gasteiger partial charge on any atom is -0.383 e. The summed E-state index contributed by atoms with van der Waals surface area (Å²) >= 11 is 6.38. The highest BCUT2D eigenvalue weighted by molar-refractivity contribution is 6.33. The number of hydrogen-bond donors (Lipinski definition) is 3. The molecule has 2 aromatic heterocycles. The van der Waals surface area contributed by atoms with Crippen molar-refractivity contribution in [2.24, 2.45) is 11.3 Å². The summed E-state index contributed by atoms with van der Waals surface area (Å²) in [5, 5.41) is 18.4. The molecular weight excluding hydrogens is 404 g/mol. The second-order valence-electron chi connectivity index (χ2n) is 8.33. The summed E-state index contributed by atoms with van der Waals surface area (Å²) in [6, 6.07) is 3.67. The third-order valence-corrected chi connectivity index (χ3v) is 6.19. The molecule has 1 unspecified atom stereocenters. The van der Waals surface area contributed by atoms with Crippen LogP contribution in [0.5, 0.6) is 0 Å². The first-order valence-electron chi connectivity index (χ1n) is 10.3. The number of hydrogen-bond acceptors (Lipinski definition) is 7. The Balaban J connectivity index is 1.47. The van der Waals surface area contributed by atoms with Crippen LogP contribution in [0.3, 0.4) is 0 Å². The van der Waals surface area contributed by atoms with E-state index in [0.717, 1.165) is 51.3 Å². The van der Waals surface area contributed by atoms with Gasteiger partial charge >= 0.3 is 0 Å². The van der Waals surface area contributed by atoms with Crippen LogP contribution in [-0.4, -0.2) is 53.9 Å². The maximum Gasteiger partial charge on any atom is 0.229 e. The van der Waals surface area contributed by atoms with Crippen molar-refractivity contribution in [1.29, 1.82) is 0 Å². The van der Waals surface area contributed by atoms with E-state index in [-0.39, 0.29) is 17.2 Å². The van der Waals surface area contributed by atoms with Gasteiger partial charge in [-0.15, -0.1) is 0 Å². The molecule has 30 heavy (non-hydrogen) atoms. The molecule has 0 spiro atoms. The van der Waals surface area contributed by atoms with Crippen molar-refractivity contribution in [2.75, 3.05) is 43.5 Å². The molecule has 1 atom stereocenters. The Labute approximate surface area is 181 Å². The van der Waals surface area contributed by atoms with Crippen LogP contribution < -0.4 is 16.0 Å². The van der Waals surface area contributed by atoms with Gasteiger partial charge in [-0.2, -0.15) is 10.2 Å². The molecular formula is C21H27ClN6O2. The van der Waals surface area contributed by atoms with Crippen molar-refractivity contribution in [3.8, 4) is 11.3 Å². The quantitative estimate of drug-likeness (QED) is 0.647. The molecule has 9 heteroatoms. The molecule has 3 N–H and O–H groups in total. The van der Waals surface area contributed by atoms with Crippen molar-refractivity contribution in [3.63, 3.8) is 0 Å². The summed E-state index contributed by atoms with van der Waals surface area (Å²) < 4.78 is 5.47. The van der Waals surface area contributed by atoms with E-state index >= 15 is 0 Å². The van der Waals surface area contributed by atoms with Gasteiger partial charge in [-0.05, 0) is 43.4 Å². The monoisotopic (exact) mass is 430 g/mol. The number of ether oxygens (including phenoxy) is 1. The van der Waals surface area contributed by atoms with Crippen LogP contribution in [-0.2, 0) is 9.53 Å². The Hall–Kier alpha value is -2.29. The molecule has 2 aromatic rings. The standard InChI is InChI=1S/C21H27ClN6O2/c1-21(3-6-30-7-4-21)13-25-15-8-18(28-26-11-15)16-9-19(24-12-17(16)22)27-20(29)14-2-5-23-10-14/h8-9,11-12,14,23H,2-7,10,13H2,1H3,(H,25,28)(H,24,27,29). The van der Waals surface area contributed by atoms with Crippen LogP contribution in [0.15, 0.2) is 24.5 Å². The molecule has 1 amide bonds. The first-order chi connectivity index (χ1) is 14.5. The molecule has 0 aromatic carbocycles. The number of halogens is 1. The fraction of sp³-hybridized carbons (Fsp3) is 0.524. The summed E-state index contributed by atoms with van der Waals surface area (Å²) in [4.78, 5) is 16.6. The highest BCUT2D eigenvalue weighted by Crippen LogP contribution is 2.32. The zero-order valence-corrected chi connectivity index (χ0v) is 17.8. The van der Waals surface area contributed by atoms with Crippen LogP contribution in [0.4, 0.5) is 11.5 Å². The number of carbonyl (C=O) groups is 1. The molecule has 2 aliphatic rings. The lowest BCUT2D eigenvalue weighted by Crippen LogP contribution is -2.33. The lowest BCUT2D eigenvalue weighted by atomic mass is 9.82. The van der Waals surface area contributed by atoms with E-state index in [1.54, 1.807) is 12.3 Å². The second kappa shape index (κ2) is 9.24. The van der Waals surface area contributed by atoms with Gasteiger partial charge in [0.25, 0.3) is 0 Å². The number of nitrogens with one attached hydrogen (secondary N) is 3. The minimum atomic E-state index is -0.0372. The van der Waals surface area contributed by atoms with Crippen LogP contribution in [0, 0.1) is 11.3 Å². The summed E-state index contributed by atoms with van der Waals surface area (Å²) in [6.07, 6.45) is 6.13. The smallest absolute Gasteiger partial charge is 0.229 e. The van der Waals surface area contributed by atoms with E-state index in [0.29, 0.717) is 28.6 Å². The first kappa shape index (κ1) is 21.0. The lowest BCUT2D eigenvalue weighted by Gasteiger charge is -2.33. The van der Waals surface area contributed by atoms with Gasteiger partial charge in [0, 0.05) is 38.1 Å². The van der Waals surface area contributed by atoms with E-state index in [2.05, 4.69) is 38.1 Å². The van der Waals surface area contributed by atoms with Gasteiger partial charge in [0.05, 0.1) is 28.5 Å². The predicted molar refractivity (Wildman–Crippen MR) is 117 cm³/mol. The van der Waals surface area contributed by atoms with Gasteiger partial charge in [0.15, 0.2) is 0 Å². The number of nitrogens with zero attached hydrogens (tertiary/aromatic N) is 3. The van der Waals surface area contributed by atoms with Crippen molar-refractivity contribution >= 4 is 29.0 Å². The number of carbonyl (C=O) groups excluding carboxylic acids is 1. The SMILES string of the molecule is CC1(CNc2cnnc(-c3cc(NC(=O)C4CCNC4)ncc3Cl)c2)CCOCC1. The van der Waals surface area contributed by atoms with E-state index in [9.17, 15) is 4.79 Å². The summed E-state index contributed by atoms with van der Waals surface area (Å²) in [5.41, 5.74) is 2.38. The molecule has 4 heterocycles. The maximum atomic E-state index is 12.4. The van der Waals surface area contributed by atoms with E-state index in [1.807, 2.05) is 6.07 Å². The normalized spacial score (nSPS) is 20.7. The molecule has 160 valence electrons. The van der Waals surface area contributed by atoms with Crippen molar-refractivity contribution in [2.45, 2.75) is 26.2 Å². The summed E-state index contributed by atoms with van der Waals surface area (Å²) in [7, 11) is 0. The molecule has 2 aliphatic heterocycles. The van der Waals surface area contributed by atoms with Crippen LogP contribution in [0.25, 0.3) is 11.3 Å². The van der Waals surface area contributed by atoms with Crippen LogP contribution in [0.2, 0.25) is 5.02 Å². The summed E-state index contributed by atoms with van der Waals surface area (Å²) in [5.74, 6) is 0.387. The maximum absolute atomic E-state index is 12.4. The Morgan fingerprint density at radius 2 is 2.17 bits per heavy atom. The van der Waals surface area contributed by atoms with Crippen molar-refractivity contribution < 1.29 is 9.53 Å². The zero-order chi connectivity index (χ0) is 21.0. The van der Waals surface area contributed by atoms with Crippen molar-refractivity contribution in [3.05, 3.63) is 29.5 Å². The summed E-state index contributed by atoms with van der Waals surface area (Å²) in [6.45, 7) is 6.26. The van der Waals surface area contributed by atoms with Gasteiger partial charge in [-0.25, -0.2) is 4.98 Å². The average Bonchev–Trinajstić information content (AvgIpc) is 3.30. The Bertz CT molecular complexity index is 897. The molecule has 0 bridgehead atoms. The van der Waals surface area contributed by atoms with Gasteiger partial charge in [-0.3, -0.25) is 4.79 Å². The molecule has 0 aliphatic carbocycles. The Morgan fingerprint density at radius 1 is 1.33 bits per heavy atom. The molecule has 0 radical (unpaired) electrons. The number of amides is 1. The highest BCUT2D eigenvalue weighted by atomic mass is 35.5.